The first-order valence-electron chi connectivity index (χ1n) is 3.25. The second-order valence-corrected chi connectivity index (χ2v) is 3.61. The molecule has 1 aromatic rings. The fourth-order valence-electron chi connectivity index (χ4n) is 0.863. The van der Waals surface area contributed by atoms with Gasteiger partial charge in [-0.1, -0.05) is 18.7 Å². The molecule has 0 spiro atoms. The molecule has 3 heteroatoms. The second-order valence-electron chi connectivity index (χ2n) is 2.14. The summed E-state index contributed by atoms with van der Waals surface area (Å²) in [6.45, 7) is 2.06. The van der Waals surface area contributed by atoms with E-state index in [9.17, 15) is 5.11 Å². The molecule has 0 aliphatic rings. The Morgan fingerprint density at radius 1 is 1.30 bits per heavy atom. The van der Waals surface area contributed by atoms with E-state index in [0.717, 1.165) is 5.19 Å². The van der Waals surface area contributed by atoms with Crippen LogP contribution in [0.2, 0.25) is 6.55 Å². The zero-order chi connectivity index (χ0) is 7.56. The highest BCUT2D eigenvalue weighted by Gasteiger charge is 2.01. The first kappa shape index (κ1) is 7.15. The predicted molar refractivity (Wildman–Crippen MR) is 43.8 cm³/mol. The molecular weight excluding hydrogens is 144 g/mol. The average Bonchev–Trinajstić information content (AvgIpc) is 1.95. The summed E-state index contributed by atoms with van der Waals surface area (Å²) < 4.78 is 0. The average molecular weight is 154 g/mol. The van der Waals surface area contributed by atoms with Gasteiger partial charge < -0.3 is 10.2 Å². The van der Waals surface area contributed by atoms with Gasteiger partial charge in [-0.3, -0.25) is 0 Å². The van der Waals surface area contributed by atoms with Crippen molar-refractivity contribution in [3.63, 3.8) is 0 Å². The molecule has 0 heterocycles. The molecule has 0 radical (unpaired) electrons. The molecule has 0 unspecified atom stereocenters. The zero-order valence-electron chi connectivity index (χ0n) is 5.83. The van der Waals surface area contributed by atoms with Crippen LogP contribution in [-0.2, 0) is 0 Å². The van der Waals surface area contributed by atoms with E-state index in [1.807, 2.05) is 6.07 Å². The summed E-state index contributed by atoms with van der Waals surface area (Å²) in [5, 5.41) is 19.1. The minimum absolute atomic E-state index is 0.00755. The summed E-state index contributed by atoms with van der Waals surface area (Å²) in [4.78, 5) is 0. The van der Waals surface area contributed by atoms with Gasteiger partial charge in [0, 0.05) is 0 Å². The monoisotopic (exact) mass is 154 g/mol. The lowest BCUT2D eigenvalue weighted by Gasteiger charge is -2.01. The molecule has 2 N–H and O–H groups in total. The van der Waals surface area contributed by atoms with Gasteiger partial charge in [0.2, 0.25) is 0 Å². The van der Waals surface area contributed by atoms with E-state index in [2.05, 4.69) is 6.55 Å². The van der Waals surface area contributed by atoms with Gasteiger partial charge in [0.05, 0.1) is 9.52 Å². The van der Waals surface area contributed by atoms with Crippen LogP contribution in [0.5, 0.6) is 11.5 Å². The third kappa shape index (κ3) is 1.13. The first-order chi connectivity index (χ1) is 4.75. The summed E-state index contributed by atoms with van der Waals surface area (Å²) in [5.74, 6) is 0.0588. The van der Waals surface area contributed by atoms with Gasteiger partial charge in [0.25, 0.3) is 0 Å². The van der Waals surface area contributed by atoms with Gasteiger partial charge in [-0.2, -0.15) is 0 Å². The molecule has 0 saturated carbocycles. The number of phenols is 2. The number of benzene rings is 1. The van der Waals surface area contributed by atoms with Crippen LogP contribution >= 0.6 is 0 Å². The van der Waals surface area contributed by atoms with Crippen molar-refractivity contribution in [3.05, 3.63) is 18.2 Å². The smallest absolute Gasteiger partial charge is 0.157 e. The van der Waals surface area contributed by atoms with E-state index in [4.69, 9.17) is 5.11 Å². The SMILES string of the molecule is C[SiH2]c1cccc(O)c1O. The third-order valence-corrected chi connectivity index (χ3v) is 2.81. The lowest BCUT2D eigenvalue weighted by atomic mass is 10.3. The highest BCUT2D eigenvalue weighted by molar-refractivity contribution is 6.53. The highest BCUT2D eigenvalue weighted by atomic mass is 28.2. The Kier molecular flexibility index (Phi) is 1.96. The largest absolute Gasteiger partial charge is 0.504 e. The molecule has 0 saturated heterocycles. The Morgan fingerprint density at radius 3 is 2.50 bits per heavy atom. The molecule has 0 bridgehead atoms. The fourth-order valence-corrected chi connectivity index (χ4v) is 1.75. The first-order valence-corrected chi connectivity index (χ1v) is 5.37. The Bertz CT molecular complexity index is 235. The standard InChI is InChI=1S/C7H10O2Si/c1-10-6-4-2-3-5(8)7(6)9/h2-4,8-9H,10H2,1H3. The molecule has 10 heavy (non-hydrogen) atoms. The van der Waals surface area contributed by atoms with Crippen molar-refractivity contribution in [3.8, 4) is 11.5 Å². The predicted octanol–water partition coefficient (Wildman–Crippen LogP) is -0.0600. The van der Waals surface area contributed by atoms with Crippen LogP contribution < -0.4 is 5.19 Å². The number of aromatic hydroxyl groups is 2. The van der Waals surface area contributed by atoms with Crippen molar-refractivity contribution in [2.75, 3.05) is 0 Å². The zero-order valence-corrected chi connectivity index (χ0v) is 7.25. The summed E-state index contributed by atoms with van der Waals surface area (Å²) in [6.07, 6.45) is 0. The van der Waals surface area contributed by atoms with Crippen LogP contribution in [0.25, 0.3) is 0 Å². The molecular formula is C7H10O2Si. The Morgan fingerprint density at radius 2 is 2.00 bits per heavy atom. The van der Waals surface area contributed by atoms with Gasteiger partial charge in [-0.05, 0) is 11.3 Å². The van der Waals surface area contributed by atoms with Crippen LogP contribution in [0.4, 0.5) is 0 Å². The van der Waals surface area contributed by atoms with E-state index in [1.54, 1.807) is 6.07 Å². The summed E-state index contributed by atoms with van der Waals surface area (Å²) in [6, 6.07) is 5.09. The molecule has 0 aliphatic heterocycles. The summed E-state index contributed by atoms with van der Waals surface area (Å²) in [7, 11) is -0.369. The van der Waals surface area contributed by atoms with E-state index in [1.165, 1.54) is 6.07 Å². The topological polar surface area (TPSA) is 40.5 Å². The van der Waals surface area contributed by atoms with Crippen LogP contribution in [0.3, 0.4) is 0 Å². The molecule has 0 aromatic heterocycles. The molecule has 1 rings (SSSR count). The van der Waals surface area contributed by atoms with Gasteiger partial charge in [-0.15, -0.1) is 0 Å². The molecule has 0 fully saturated rings. The molecule has 0 aliphatic carbocycles. The van der Waals surface area contributed by atoms with Crippen LogP contribution in [0.1, 0.15) is 0 Å². The summed E-state index contributed by atoms with van der Waals surface area (Å²) >= 11 is 0. The third-order valence-electron chi connectivity index (χ3n) is 1.48. The van der Waals surface area contributed by atoms with Crippen molar-refractivity contribution in [2.24, 2.45) is 0 Å². The molecule has 54 valence electrons. The molecule has 0 atom stereocenters. The Labute approximate surface area is 62.0 Å². The molecule has 0 amide bonds. The van der Waals surface area contributed by atoms with Crippen molar-refractivity contribution in [2.45, 2.75) is 6.55 Å². The van der Waals surface area contributed by atoms with Crippen molar-refractivity contribution in [1.82, 2.24) is 0 Å². The van der Waals surface area contributed by atoms with Crippen molar-refractivity contribution >= 4 is 14.7 Å². The van der Waals surface area contributed by atoms with E-state index in [0.29, 0.717) is 0 Å². The normalized spacial score (nSPS) is 10.9. The van der Waals surface area contributed by atoms with Crippen LogP contribution in [-0.4, -0.2) is 19.7 Å². The minimum Gasteiger partial charge on any atom is -0.504 e. The number of hydrogen-bond acceptors (Lipinski definition) is 2. The van der Waals surface area contributed by atoms with Gasteiger partial charge in [-0.25, -0.2) is 0 Å². The quantitative estimate of drug-likeness (QED) is 0.439. The number of para-hydroxylation sites is 1. The maximum absolute atomic E-state index is 9.18. The highest BCUT2D eigenvalue weighted by Crippen LogP contribution is 2.19. The van der Waals surface area contributed by atoms with E-state index >= 15 is 0 Å². The lowest BCUT2D eigenvalue weighted by molar-refractivity contribution is 0.406. The van der Waals surface area contributed by atoms with Gasteiger partial charge in [0.1, 0.15) is 0 Å². The lowest BCUT2D eigenvalue weighted by Crippen LogP contribution is -2.09. The number of rotatable bonds is 1. The number of phenolic OH excluding ortho intramolecular Hbond substituents is 2. The van der Waals surface area contributed by atoms with Gasteiger partial charge in [0.15, 0.2) is 11.5 Å². The van der Waals surface area contributed by atoms with Crippen molar-refractivity contribution < 1.29 is 10.2 Å². The van der Waals surface area contributed by atoms with Crippen LogP contribution in [0.15, 0.2) is 18.2 Å². The van der Waals surface area contributed by atoms with E-state index in [-0.39, 0.29) is 21.0 Å². The second kappa shape index (κ2) is 2.75. The summed E-state index contributed by atoms with van der Waals surface area (Å²) in [5.41, 5.74) is 0. The van der Waals surface area contributed by atoms with Gasteiger partial charge >= 0.3 is 0 Å². The van der Waals surface area contributed by atoms with Crippen molar-refractivity contribution in [1.29, 1.82) is 0 Å². The van der Waals surface area contributed by atoms with Crippen LogP contribution in [0, 0.1) is 0 Å². The molecule has 1 aromatic carbocycles. The van der Waals surface area contributed by atoms with E-state index < -0.39 is 0 Å². The maximum atomic E-state index is 9.18. The number of hydrogen-bond donors (Lipinski definition) is 2. The Balaban J connectivity index is 3.14. The minimum atomic E-state index is -0.369. The fraction of sp³-hybridized carbons (Fsp3) is 0.143. The Hall–Kier alpha value is -0.963. The molecule has 2 nitrogen and oxygen atoms in total. The maximum Gasteiger partial charge on any atom is 0.157 e.